The van der Waals surface area contributed by atoms with Crippen LogP contribution >= 0.6 is 0 Å². The van der Waals surface area contributed by atoms with Crippen molar-refractivity contribution in [1.82, 2.24) is 0 Å². The van der Waals surface area contributed by atoms with E-state index in [4.69, 9.17) is 9.84 Å². The number of hydrogen-bond acceptors (Lipinski definition) is 3. The van der Waals surface area contributed by atoms with Crippen molar-refractivity contribution < 1.29 is 32.6 Å². The van der Waals surface area contributed by atoms with E-state index in [9.17, 15) is 22.8 Å². The molecule has 1 N–H and O–H groups in total. The number of ether oxygens (including phenoxy) is 1. The highest BCUT2D eigenvalue weighted by molar-refractivity contribution is 6.77. The molecule has 0 saturated heterocycles. The first-order valence-electron chi connectivity index (χ1n) is 6.06. The molecule has 0 bridgehead atoms. The second-order valence-electron chi connectivity index (χ2n) is 5.51. The molecule has 0 aliphatic carbocycles. The van der Waals surface area contributed by atoms with E-state index in [-0.39, 0.29) is 13.0 Å². The lowest BCUT2D eigenvalue weighted by Crippen LogP contribution is -2.32. The van der Waals surface area contributed by atoms with Gasteiger partial charge in [-0.15, -0.1) is 0 Å². The Bertz CT molecular complexity index is 372. The first-order chi connectivity index (χ1) is 8.92. The van der Waals surface area contributed by atoms with Crippen molar-refractivity contribution in [1.29, 1.82) is 0 Å². The lowest BCUT2D eigenvalue weighted by molar-refractivity contribution is -0.140. The van der Waals surface area contributed by atoms with Crippen molar-refractivity contribution in [3.8, 4) is 0 Å². The first-order valence-corrected chi connectivity index (χ1v) is 9.64. The third-order valence-electron chi connectivity index (χ3n) is 2.78. The summed E-state index contributed by atoms with van der Waals surface area (Å²) in [6.45, 7) is 5.34. The fraction of sp³-hybridized carbons (Fsp3) is 0.667. The van der Waals surface area contributed by atoms with Gasteiger partial charge in [-0.3, -0.25) is 0 Å². The number of rotatable bonds is 7. The van der Waals surface area contributed by atoms with E-state index in [2.05, 4.69) is 0 Å². The van der Waals surface area contributed by atoms with Crippen molar-refractivity contribution in [3.63, 3.8) is 0 Å². The van der Waals surface area contributed by atoms with E-state index < -0.39 is 38.2 Å². The van der Waals surface area contributed by atoms with Crippen LogP contribution in [0.4, 0.5) is 13.2 Å². The second-order valence-corrected chi connectivity index (χ2v) is 11.1. The lowest BCUT2D eigenvalue weighted by Gasteiger charge is -2.29. The van der Waals surface area contributed by atoms with Gasteiger partial charge in [0.2, 0.25) is 0 Å². The zero-order chi connectivity index (χ0) is 16.0. The number of alkyl halides is 3. The van der Waals surface area contributed by atoms with E-state index in [1.165, 1.54) is 0 Å². The molecule has 0 saturated carbocycles. The lowest BCUT2D eigenvalue weighted by atomic mass is 10.2. The van der Waals surface area contributed by atoms with Crippen LogP contribution in [0.2, 0.25) is 25.2 Å². The summed E-state index contributed by atoms with van der Waals surface area (Å²) in [5, 5.41) is 8.30. The van der Waals surface area contributed by atoms with Gasteiger partial charge in [-0.2, -0.15) is 13.2 Å². The van der Waals surface area contributed by atoms with Crippen LogP contribution in [0.1, 0.15) is 12.8 Å². The maximum absolute atomic E-state index is 12.5. The molecule has 0 heterocycles. The first kappa shape index (κ1) is 18.7. The molecular formula is C12H19F3O4Si. The minimum atomic E-state index is -4.24. The van der Waals surface area contributed by atoms with Crippen molar-refractivity contribution in [2.75, 3.05) is 6.61 Å². The normalized spacial score (nSPS) is 14.3. The van der Waals surface area contributed by atoms with Crippen LogP contribution in [-0.4, -0.2) is 37.9 Å². The molecule has 0 amide bonds. The van der Waals surface area contributed by atoms with Gasteiger partial charge in [-0.05, 0) is 12.0 Å². The minimum absolute atomic E-state index is 0.127. The summed E-state index contributed by atoms with van der Waals surface area (Å²) in [6.07, 6.45) is -3.64. The molecule has 0 aliphatic heterocycles. The predicted octanol–water partition coefficient (Wildman–Crippen LogP) is 3.22. The third kappa shape index (κ3) is 9.60. The monoisotopic (exact) mass is 312 g/mol. The maximum Gasteiger partial charge on any atom is 0.389 e. The molecular weight excluding hydrogens is 293 g/mol. The summed E-state index contributed by atoms with van der Waals surface area (Å²) in [4.78, 5) is 21.2. The standard InChI is InChI=1S/C12H19F3O4Si/c1-20(2,3)9(8-12(13,14)15)6-7-19-11(18)5-4-10(16)17/h4-5,9H,6-8H2,1-3H3,(H,16,17). The fourth-order valence-corrected chi connectivity index (χ4v) is 3.44. The number of esters is 1. The van der Waals surface area contributed by atoms with Crippen molar-refractivity contribution >= 4 is 20.0 Å². The molecule has 116 valence electrons. The third-order valence-corrected chi connectivity index (χ3v) is 5.72. The molecule has 0 fully saturated rings. The molecule has 0 aliphatic rings. The Labute approximate surface area is 116 Å². The molecule has 0 aromatic heterocycles. The van der Waals surface area contributed by atoms with Crippen molar-refractivity contribution in [2.24, 2.45) is 0 Å². The second kappa shape index (κ2) is 7.46. The molecule has 8 heteroatoms. The molecule has 1 atom stereocenters. The van der Waals surface area contributed by atoms with Crippen molar-refractivity contribution in [2.45, 2.75) is 44.2 Å². The molecule has 0 spiro atoms. The molecule has 1 unspecified atom stereocenters. The van der Waals surface area contributed by atoms with E-state index in [1.54, 1.807) is 0 Å². The van der Waals surface area contributed by atoms with Gasteiger partial charge in [-0.1, -0.05) is 19.6 Å². The van der Waals surface area contributed by atoms with Gasteiger partial charge in [0.15, 0.2) is 0 Å². The Morgan fingerprint density at radius 1 is 1.25 bits per heavy atom. The summed E-state index contributed by atoms with van der Waals surface area (Å²) in [7, 11) is -2.03. The fourth-order valence-electron chi connectivity index (χ4n) is 1.61. The Morgan fingerprint density at radius 3 is 2.20 bits per heavy atom. The van der Waals surface area contributed by atoms with Gasteiger partial charge in [0.25, 0.3) is 0 Å². The van der Waals surface area contributed by atoms with Crippen molar-refractivity contribution in [3.05, 3.63) is 12.2 Å². The molecule has 0 aromatic rings. The highest BCUT2D eigenvalue weighted by Crippen LogP contribution is 2.37. The molecule has 0 aromatic carbocycles. The molecule has 0 radical (unpaired) electrons. The molecule has 4 nitrogen and oxygen atoms in total. The van der Waals surface area contributed by atoms with Gasteiger partial charge in [0.1, 0.15) is 0 Å². The van der Waals surface area contributed by atoms with Crippen LogP contribution in [-0.2, 0) is 14.3 Å². The predicted molar refractivity (Wildman–Crippen MR) is 70.1 cm³/mol. The SMILES string of the molecule is C[Si](C)(C)C(CCOC(=O)C=CC(=O)O)CC(F)(F)F. The summed E-state index contributed by atoms with van der Waals surface area (Å²) in [5.74, 6) is -2.16. The highest BCUT2D eigenvalue weighted by Gasteiger charge is 2.38. The average molecular weight is 312 g/mol. The van der Waals surface area contributed by atoms with Crippen LogP contribution in [0.5, 0.6) is 0 Å². The van der Waals surface area contributed by atoms with Gasteiger partial charge < -0.3 is 9.84 Å². The van der Waals surface area contributed by atoms with Crippen LogP contribution in [0.15, 0.2) is 12.2 Å². The Balaban J connectivity index is 4.35. The minimum Gasteiger partial charge on any atom is -0.478 e. The number of carboxylic acid groups (broad SMARTS) is 1. The summed E-state index contributed by atoms with van der Waals surface area (Å²) < 4.78 is 42.1. The van der Waals surface area contributed by atoms with E-state index >= 15 is 0 Å². The number of carboxylic acids is 1. The zero-order valence-corrected chi connectivity index (χ0v) is 12.7. The molecule has 20 heavy (non-hydrogen) atoms. The van der Waals surface area contributed by atoms with E-state index in [1.807, 2.05) is 19.6 Å². The number of carbonyl (C=O) groups excluding carboxylic acids is 1. The van der Waals surface area contributed by atoms with Crippen LogP contribution < -0.4 is 0 Å². The zero-order valence-electron chi connectivity index (χ0n) is 11.7. The Kier molecular flexibility index (Phi) is 6.97. The Hall–Kier alpha value is -1.31. The molecule has 0 rings (SSSR count). The summed E-state index contributed by atoms with van der Waals surface area (Å²) in [6, 6.07) is 0. The smallest absolute Gasteiger partial charge is 0.389 e. The Morgan fingerprint density at radius 2 is 1.80 bits per heavy atom. The number of hydrogen-bond donors (Lipinski definition) is 1. The quantitative estimate of drug-likeness (QED) is 0.445. The van der Waals surface area contributed by atoms with Gasteiger partial charge in [0.05, 0.1) is 6.61 Å². The van der Waals surface area contributed by atoms with Crippen LogP contribution in [0, 0.1) is 0 Å². The largest absolute Gasteiger partial charge is 0.478 e. The van der Waals surface area contributed by atoms with Gasteiger partial charge >= 0.3 is 18.1 Å². The average Bonchev–Trinajstić information content (AvgIpc) is 2.22. The number of carbonyl (C=O) groups is 2. The van der Waals surface area contributed by atoms with E-state index in [0.717, 1.165) is 6.08 Å². The summed E-state index contributed by atoms with van der Waals surface area (Å²) in [5.41, 5.74) is -0.543. The highest BCUT2D eigenvalue weighted by atomic mass is 28.3. The number of halogens is 3. The van der Waals surface area contributed by atoms with Crippen LogP contribution in [0.25, 0.3) is 0 Å². The summed E-state index contributed by atoms with van der Waals surface area (Å²) >= 11 is 0. The van der Waals surface area contributed by atoms with Gasteiger partial charge in [-0.25, -0.2) is 9.59 Å². The topological polar surface area (TPSA) is 63.6 Å². The number of aliphatic carboxylic acids is 1. The maximum atomic E-state index is 12.5. The van der Waals surface area contributed by atoms with Crippen LogP contribution in [0.3, 0.4) is 0 Å². The van der Waals surface area contributed by atoms with E-state index in [0.29, 0.717) is 6.08 Å². The van der Waals surface area contributed by atoms with Gasteiger partial charge in [0, 0.05) is 26.6 Å².